The van der Waals surface area contributed by atoms with E-state index in [1.54, 1.807) is 20.3 Å². The lowest BCUT2D eigenvalue weighted by atomic mass is 9.97. The van der Waals surface area contributed by atoms with Crippen molar-refractivity contribution in [1.82, 2.24) is 0 Å². The number of hydrogen-bond donors (Lipinski definition) is 1. The van der Waals surface area contributed by atoms with Gasteiger partial charge in [0.1, 0.15) is 0 Å². The Kier molecular flexibility index (Phi) is 2.73. The summed E-state index contributed by atoms with van der Waals surface area (Å²) in [5, 5.41) is 3.26. The number of methoxy groups -OCH3 is 2. The van der Waals surface area contributed by atoms with Gasteiger partial charge in [0.25, 0.3) is 0 Å². The maximum Gasteiger partial charge on any atom is 0.167 e. The van der Waals surface area contributed by atoms with Crippen LogP contribution < -0.4 is 14.8 Å². The van der Waals surface area contributed by atoms with Crippen LogP contribution in [0.2, 0.25) is 0 Å². The predicted molar refractivity (Wildman–Crippen MR) is 61.6 cm³/mol. The molecule has 0 saturated heterocycles. The number of nitrogens with one attached hydrogen (secondary N) is 1. The van der Waals surface area contributed by atoms with Crippen LogP contribution in [0.4, 0.5) is 5.69 Å². The summed E-state index contributed by atoms with van der Waals surface area (Å²) in [7, 11) is 3.14. The smallest absolute Gasteiger partial charge is 0.167 e. The Balaban J connectivity index is 2.51. The van der Waals surface area contributed by atoms with Crippen molar-refractivity contribution >= 4 is 11.5 Å². The third-order valence-electron chi connectivity index (χ3n) is 2.72. The van der Waals surface area contributed by atoms with Crippen molar-refractivity contribution < 1.29 is 14.3 Å². The second-order valence-corrected chi connectivity index (χ2v) is 3.93. The number of benzene rings is 1. The number of carbonyl (C=O) groups is 1. The highest BCUT2D eigenvalue weighted by molar-refractivity contribution is 6.04. The minimum absolute atomic E-state index is 0.141. The van der Waals surface area contributed by atoms with Crippen LogP contribution in [0.25, 0.3) is 0 Å². The molecule has 86 valence electrons. The number of hydrogen-bond acceptors (Lipinski definition) is 4. The van der Waals surface area contributed by atoms with Crippen LogP contribution in [-0.4, -0.2) is 26.0 Å². The molecule has 1 unspecified atom stereocenters. The van der Waals surface area contributed by atoms with Gasteiger partial charge in [-0.3, -0.25) is 4.79 Å². The Hall–Kier alpha value is -1.71. The molecule has 0 saturated carbocycles. The number of anilines is 1. The van der Waals surface area contributed by atoms with E-state index >= 15 is 0 Å². The fourth-order valence-electron chi connectivity index (χ4n) is 1.93. The summed E-state index contributed by atoms with van der Waals surface area (Å²) in [6.45, 7) is 1.98. The molecule has 0 fully saturated rings. The zero-order valence-electron chi connectivity index (χ0n) is 9.66. The fraction of sp³-hybridized carbons (Fsp3) is 0.417. The number of Topliss-reactive ketones (excluding diaryl/α,β-unsaturated/α-hetero) is 1. The predicted octanol–water partition coefficient (Wildman–Crippen LogP) is 2.09. The van der Waals surface area contributed by atoms with Crippen LogP contribution in [0, 0.1) is 0 Å². The van der Waals surface area contributed by atoms with Crippen LogP contribution >= 0.6 is 0 Å². The van der Waals surface area contributed by atoms with E-state index in [0.29, 0.717) is 23.5 Å². The SMILES string of the molecule is COc1cc2c(cc1OC)C(=O)CC(C)N2. The van der Waals surface area contributed by atoms with E-state index in [1.807, 2.05) is 13.0 Å². The number of ether oxygens (including phenoxy) is 2. The lowest BCUT2D eigenvalue weighted by Gasteiger charge is -2.24. The third kappa shape index (κ3) is 1.71. The van der Waals surface area contributed by atoms with E-state index in [0.717, 1.165) is 5.69 Å². The molecule has 1 aromatic carbocycles. The van der Waals surface area contributed by atoms with E-state index in [9.17, 15) is 4.79 Å². The zero-order valence-corrected chi connectivity index (χ0v) is 9.66. The monoisotopic (exact) mass is 221 g/mol. The highest BCUT2D eigenvalue weighted by atomic mass is 16.5. The molecular weight excluding hydrogens is 206 g/mol. The Labute approximate surface area is 94.6 Å². The molecule has 4 nitrogen and oxygen atoms in total. The van der Waals surface area contributed by atoms with E-state index in [1.165, 1.54) is 0 Å². The molecule has 0 aliphatic carbocycles. The van der Waals surface area contributed by atoms with Gasteiger partial charge in [-0.1, -0.05) is 0 Å². The number of ketones is 1. The second kappa shape index (κ2) is 4.04. The summed E-state index contributed by atoms with van der Waals surface area (Å²) in [5.41, 5.74) is 1.50. The molecule has 0 spiro atoms. The van der Waals surface area contributed by atoms with Crippen molar-refractivity contribution in [3.8, 4) is 11.5 Å². The molecule has 1 aliphatic rings. The third-order valence-corrected chi connectivity index (χ3v) is 2.72. The Morgan fingerprint density at radius 3 is 2.50 bits per heavy atom. The molecular formula is C12H15NO3. The average Bonchev–Trinajstić information content (AvgIpc) is 2.27. The maximum atomic E-state index is 11.8. The number of fused-ring (bicyclic) bond motifs is 1. The molecule has 0 aromatic heterocycles. The Morgan fingerprint density at radius 2 is 1.88 bits per heavy atom. The van der Waals surface area contributed by atoms with Crippen LogP contribution in [0.3, 0.4) is 0 Å². The largest absolute Gasteiger partial charge is 0.493 e. The van der Waals surface area contributed by atoms with Gasteiger partial charge in [0.05, 0.1) is 14.2 Å². The average molecular weight is 221 g/mol. The molecule has 0 bridgehead atoms. The molecule has 1 atom stereocenters. The first kappa shape index (κ1) is 10.8. The maximum absolute atomic E-state index is 11.8. The molecule has 1 aromatic rings. The van der Waals surface area contributed by atoms with Crippen molar-refractivity contribution in [1.29, 1.82) is 0 Å². The summed E-state index contributed by atoms with van der Waals surface area (Å²) in [5.74, 6) is 1.36. The molecule has 0 radical (unpaired) electrons. The van der Waals surface area contributed by atoms with Crippen molar-refractivity contribution in [3.05, 3.63) is 17.7 Å². The van der Waals surface area contributed by atoms with Crippen molar-refractivity contribution in [2.24, 2.45) is 0 Å². The number of rotatable bonds is 2. The molecule has 1 N–H and O–H groups in total. The van der Waals surface area contributed by atoms with Gasteiger partial charge in [-0.05, 0) is 13.0 Å². The summed E-state index contributed by atoms with van der Waals surface area (Å²) in [6, 6.07) is 3.70. The van der Waals surface area contributed by atoms with E-state index in [-0.39, 0.29) is 11.8 Å². The molecule has 1 heterocycles. The second-order valence-electron chi connectivity index (χ2n) is 3.93. The minimum atomic E-state index is 0.141. The van der Waals surface area contributed by atoms with Gasteiger partial charge >= 0.3 is 0 Å². The minimum Gasteiger partial charge on any atom is -0.493 e. The van der Waals surface area contributed by atoms with Gasteiger partial charge in [-0.25, -0.2) is 0 Å². The van der Waals surface area contributed by atoms with Crippen molar-refractivity contribution in [2.75, 3.05) is 19.5 Å². The lowest BCUT2D eigenvalue weighted by molar-refractivity contribution is 0.0974. The van der Waals surface area contributed by atoms with Crippen molar-refractivity contribution in [3.63, 3.8) is 0 Å². The molecule has 2 rings (SSSR count). The van der Waals surface area contributed by atoms with Crippen LogP contribution in [-0.2, 0) is 0 Å². The van der Waals surface area contributed by atoms with Gasteiger partial charge in [0.2, 0.25) is 0 Å². The van der Waals surface area contributed by atoms with Gasteiger partial charge in [0.15, 0.2) is 17.3 Å². The number of carbonyl (C=O) groups excluding carboxylic acids is 1. The van der Waals surface area contributed by atoms with E-state index in [2.05, 4.69) is 5.32 Å². The summed E-state index contributed by atoms with van der Waals surface area (Å²) < 4.78 is 10.4. The standard InChI is InChI=1S/C12H15NO3/c1-7-4-10(14)8-5-11(15-2)12(16-3)6-9(8)13-7/h5-7,13H,4H2,1-3H3. The van der Waals surface area contributed by atoms with E-state index in [4.69, 9.17) is 9.47 Å². The zero-order chi connectivity index (χ0) is 11.7. The molecule has 1 aliphatic heterocycles. The Morgan fingerprint density at radius 1 is 1.25 bits per heavy atom. The molecule has 0 amide bonds. The quantitative estimate of drug-likeness (QED) is 0.830. The van der Waals surface area contributed by atoms with Crippen molar-refractivity contribution in [2.45, 2.75) is 19.4 Å². The molecule has 16 heavy (non-hydrogen) atoms. The Bertz CT molecular complexity index is 429. The normalized spacial score (nSPS) is 18.7. The fourth-order valence-corrected chi connectivity index (χ4v) is 1.93. The summed E-state index contributed by atoms with van der Waals surface area (Å²) in [4.78, 5) is 11.8. The lowest BCUT2D eigenvalue weighted by Crippen LogP contribution is -2.26. The highest BCUT2D eigenvalue weighted by Crippen LogP contribution is 2.36. The summed E-state index contributed by atoms with van der Waals surface area (Å²) >= 11 is 0. The molecule has 4 heteroatoms. The summed E-state index contributed by atoms with van der Waals surface area (Å²) in [6.07, 6.45) is 0.516. The topological polar surface area (TPSA) is 47.6 Å². The van der Waals surface area contributed by atoms with Gasteiger partial charge < -0.3 is 14.8 Å². The first-order chi connectivity index (χ1) is 7.65. The first-order valence-electron chi connectivity index (χ1n) is 5.21. The van der Waals surface area contributed by atoms with Gasteiger partial charge in [-0.15, -0.1) is 0 Å². The van der Waals surface area contributed by atoms with E-state index < -0.39 is 0 Å². The first-order valence-corrected chi connectivity index (χ1v) is 5.21. The van der Waals surface area contributed by atoms with Gasteiger partial charge in [0, 0.05) is 29.8 Å². The van der Waals surface area contributed by atoms with Gasteiger partial charge in [-0.2, -0.15) is 0 Å². The van der Waals surface area contributed by atoms with Crippen LogP contribution in [0.5, 0.6) is 11.5 Å². The van der Waals surface area contributed by atoms with Crippen LogP contribution in [0.15, 0.2) is 12.1 Å². The highest BCUT2D eigenvalue weighted by Gasteiger charge is 2.23. The van der Waals surface area contributed by atoms with Crippen LogP contribution in [0.1, 0.15) is 23.7 Å².